The first-order valence-corrected chi connectivity index (χ1v) is 7.83. The van der Waals surface area contributed by atoms with E-state index in [1.165, 1.54) is 0 Å². The average Bonchev–Trinajstić information content (AvgIpc) is 2.75. The Bertz CT molecular complexity index is 287. The lowest BCUT2D eigenvalue weighted by atomic mass is 9.88. The lowest BCUT2D eigenvalue weighted by Gasteiger charge is -2.43. The lowest BCUT2D eigenvalue weighted by molar-refractivity contribution is -0.00176. The number of nitrogens with zero attached hydrogens (tertiary/aromatic N) is 2. The Kier molecular flexibility index (Phi) is 4.88. The lowest BCUT2D eigenvalue weighted by Crippen LogP contribution is -2.55. The molecule has 1 aliphatic heterocycles. The maximum Gasteiger partial charge on any atom is 0.0797 e. The van der Waals surface area contributed by atoms with Crippen molar-refractivity contribution >= 4 is 0 Å². The van der Waals surface area contributed by atoms with E-state index in [4.69, 9.17) is 5.73 Å². The van der Waals surface area contributed by atoms with Gasteiger partial charge in [0.1, 0.15) is 0 Å². The molecule has 1 aliphatic carbocycles. The van der Waals surface area contributed by atoms with Gasteiger partial charge < -0.3 is 15.7 Å². The Morgan fingerprint density at radius 1 is 1.26 bits per heavy atom. The molecule has 4 heteroatoms. The van der Waals surface area contributed by atoms with Gasteiger partial charge in [-0.3, -0.25) is 4.90 Å². The summed E-state index contributed by atoms with van der Waals surface area (Å²) in [5, 5.41) is 10.5. The molecule has 19 heavy (non-hydrogen) atoms. The minimum atomic E-state index is -0.580. The van der Waals surface area contributed by atoms with E-state index in [1.54, 1.807) is 0 Å². The van der Waals surface area contributed by atoms with Gasteiger partial charge in [-0.05, 0) is 52.6 Å². The van der Waals surface area contributed by atoms with Crippen molar-refractivity contribution in [3.05, 3.63) is 0 Å². The summed E-state index contributed by atoms with van der Waals surface area (Å²) in [7, 11) is 2.22. The van der Waals surface area contributed by atoms with Gasteiger partial charge in [-0.1, -0.05) is 6.42 Å². The second kappa shape index (κ2) is 6.08. The zero-order valence-corrected chi connectivity index (χ0v) is 12.8. The fourth-order valence-corrected chi connectivity index (χ4v) is 3.84. The summed E-state index contributed by atoms with van der Waals surface area (Å²) in [4.78, 5) is 5.02. The second-order valence-electron chi connectivity index (χ2n) is 6.81. The molecule has 0 bridgehead atoms. The van der Waals surface area contributed by atoms with Crippen LogP contribution in [0.1, 0.15) is 39.5 Å². The first-order chi connectivity index (χ1) is 8.96. The highest BCUT2D eigenvalue weighted by Gasteiger charge is 2.39. The van der Waals surface area contributed by atoms with Crippen molar-refractivity contribution in [2.24, 2.45) is 11.7 Å². The summed E-state index contributed by atoms with van der Waals surface area (Å²) in [5.41, 5.74) is 5.18. The summed E-state index contributed by atoms with van der Waals surface area (Å²) < 4.78 is 0. The second-order valence-corrected chi connectivity index (χ2v) is 6.81. The summed E-state index contributed by atoms with van der Waals surface area (Å²) >= 11 is 0. The predicted molar refractivity (Wildman–Crippen MR) is 79.1 cm³/mol. The van der Waals surface area contributed by atoms with Gasteiger partial charge in [-0.2, -0.15) is 0 Å². The molecule has 0 aromatic carbocycles. The van der Waals surface area contributed by atoms with Gasteiger partial charge in [0.25, 0.3) is 0 Å². The van der Waals surface area contributed by atoms with E-state index in [0.717, 1.165) is 45.3 Å². The number of aliphatic hydroxyl groups is 1. The number of hydrogen-bond acceptors (Lipinski definition) is 4. The fraction of sp³-hybridized carbons (Fsp3) is 1.00. The van der Waals surface area contributed by atoms with Gasteiger partial charge in [0.2, 0.25) is 0 Å². The van der Waals surface area contributed by atoms with Crippen LogP contribution in [0.4, 0.5) is 0 Å². The summed E-state index contributed by atoms with van der Waals surface area (Å²) in [5.74, 6) is 0.405. The molecule has 3 N–H and O–H groups in total. The van der Waals surface area contributed by atoms with E-state index in [2.05, 4.69) is 30.7 Å². The van der Waals surface area contributed by atoms with E-state index < -0.39 is 5.60 Å². The van der Waals surface area contributed by atoms with Crippen molar-refractivity contribution in [1.29, 1.82) is 0 Å². The smallest absolute Gasteiger partial charge is 0.0797 e. The maximum absolute atomic E-state index is 10.5. The number of piperazine rings is 1. The van der Waals surface area contributed by atoms with Crippen molar-refractivity contribution in [1.82, 2.24) is 9.80 Å². The first-order valence-electron chi connectivity index (χ1n) is 7.83. The van der Waals surface area contributed by atoms with Crippen LogP contribution in [0.2, 0.25) is 0 Å². The Hall–Kier alpha value is -0.160. The van der Waals surface area contributed by atoms with Crippen molar-refractivity contribution < 1.29 is 5.11 Å². The predicted octanol–water partition coefficient (Wildman–Crippen LogP) is 0.891. The van der Waals surface area contributed by atoms with Crippen LogP contribution in [-0.4, -0.2) is 65.8 Å². The van der Waals surface area contributed by atoms with Crippen LogP contribution in [0.15, 0.2) is 0 Å². The third kappa shape index (κ3) is 3.30. The highest BCUT2D eigenvalue weighted by molar-refractivity contribution is 4.94. The molecule has 1 saturated heterocycles. The molecule has 4 unspecified atom stereocenters. The van der Waals surface area contributed by atoms with Crippen molar-refractivity contribution in [3.8, 4) is 0 Å². The van der Waals surface area contributed by atoms with Crippen LogP contribution in [0.5, 0.6) is 0 Å². The molecule has 0 aromatic rings. The number of rotatable bonds is 4. The molecule has 0 spiro atoms. The highest BCUT2D eigenvalue weighted by Crippen LogP contribution is 2.37. The van der Waals surface area contributed by atoms with Crippen molar-refractivity contribution in [2.45, 2.75) is 57.2 Å². The van der Waals surface area contributed by atoms with E-state index >= 15 is 0 Å². The first kappa shape index (κ1) is 15.2. The topological polar surface area (TPSA) is 52.7 Å². The SMILES string of the molecule is CC1CN(CCC2CCCC2(O)CN)CC(C)N1C. The van der Waals surface area contributed by atoms with Gasteiger partial charge in [0.15, 0.2) is 0 Å². The minimum absolute atomic E-state index is 0.405. The summed E-state index contributed by atoms with van der Waals surface area (Å²) in [6.07, 6.45) is 4.26. The van der Waals surface area contributed by atoms with Crippen molar-refractivity contribution in [2.75, 3.05) is 33.2 Å². The molecule has 1 heterocycles. The molecule has 4 atom stereocenters. The molecule has 112 valence electrons. The molecule has 2 rings (SSSR count). The zero-order valence-electron chi connectivity index (χ0n) is 12.8. The van der Waals surface area contributed by atoms with Crippen LogP contribution in [-0.2, 0) is 0 Å². The van der Waals surface area contributed by atoms with Crippen LogP contribution in [0.25, 0.3) is 0 Å². The van der Waals surface area contributed by atoms with Crippen LogP contribution >= 0.6 is 0 Å². The van der Waals surface area contributed by atoms with Crippen LogP contribution < -0.4 is 5.73 Å². The van der Waals surface area contributed by atoms with E-state index in [0.29, 0.717) is 24.5 Å². The van der Waals surface area contributed by atoms with Gasteiger partial charge >= 0.3 is 0 Å². The van der Waals surface area contributed by atoms with Gasteiger partial charge in [0.05, 0.1) is 5.60 Å². The number of nitrogens with two attached hydrogens (primary N) is 1. The third-order valence-corrected chi connectivity index (χ3v) is 5.50. The fourth-order valence-electron chi connectivity index (χ4n) is 3.84. The maximum atomic E-state index is 10.5. The van der Waals surface area contributed by atoms with E-state index in [-0.39, 0.29) is 0 Å². The summed E-state index contributed by atoms with van der Waals surface area (Å²) in [6.45, 7) is 8.43. The molecule has 4 nitrogen and oxygen atoms in total. The molecule has 2 aliphatic rings. The Labute approximate surface area is 117 Å². The Morgan fingerprint density at radius 2 is 1.89 bits per heavy atom. The monoisotopic (exact) mass is 269 g/mol. The molecular formula is C15H31N3O. The molecular weight excluding hydrogens is 238 g/mol. The van der Waals surface area contributed by atoms with E-state index in [1.807, 2.05) is 0 Å². The van der Waals surface area contributed by atoms with E-state index in [9.17, 15) is 5.11 Å². The summed E-state index contributed by atoms with van der Waals surface area (Å²) in [6, 6.07) is 1.25. The number of hydrogen-bond donors (Lipinski definition) is 2. The molecule has 2 fully saturated rings. The zero-order chi connectivity index (χ0) is 14.0. The normalized spacial score (nSPS) is 41.8. The molecule has 0 radical (unpaired) electrons. The molecule has 0 aromatic heterocycles. The minimum Gasteiger partial charge on any atom is -0.388 e. The van der Waals surface area contributed by atoms with Gasteiger partial charge in [0, 0.05) is 31.7 Å². The molecule has 0 amide bonds. The number of likely N-dealkylation sites (N-methyl/N-ethyl adjacent to an activating group) is 1. The highest BCUT2D eigenvalue weighted by atomic mass is 16.3. The van der Waals surface area contributed by atoms with Crippen molar-refractivity contribution in [3.63, 3.8) is 0 Å². The quantitative estimate of drug-likeness (QED) is 0.796. The molecule has 1 saturated carbocycles. The average molecular weight is 269 g/mol. The Balaban J connectivity index is 1.82. The van der Waals surface area contributed by atoms with Crippen LogP contribution in [0, 0.1) is 5.92 Å². The Morgan fingerprint density at radius 3 is 2.47 bits per heavy atom. The van der Waals surface area contributed by atoms with Crippen LogP contribution in [0.3, 0.4) is 0 Å². The van der Waals surface area contributed by atoms with Gasteiger partial charge in [-0.25, -0.2) is 0 Å². The van der Waals surface area contributed by atoms with Gasteiger partial charge in [-0.15, -0.1) is 0 Å². The standard InChI is InChI=1S/C15H31N3O/c1-12-9-18(10-13(2)17(12)3)8-6-14-5-4-7-15(14,19)11-16/h12-14,19H,4-11,16H2,1-3H3. The third-order valence-electron chi connectivity index (χ3n) is 5.50. The largest absolute Gasteiger partial charge is 0.388 e.